The molecule has 2 aromatic heterocycles. The van der Waals surface area contributed by atoms with Crippen LogP contribution in [-0.2, 0) is 13.0 Å². The highest BCUT2D eigenvalue weighted by Gasteiger charge is 2.25. The van der Waals surface area contributed by atoms with Crippen molar-refractivity contribution < 1.29 is 14.6 Å². The molecule has 0 spiro atoms. The standard InChI is InChI=1S/C20H22N4O3/c1-2-27-16-7-5-13(6-8-16)9-18-23-17-10-15(22-20(25)26)11-21-19(17)24(18)12-14-3-4-14/h5-8,10-11,14,22H,2-4,9,12H2,1H3,(H,25,26). The van der Waals surface area contributed by atoms with Gasteiger partial charge in [0.25, 0.3) is 0 Å². The summed E-state index contributed by atoms with van der Waals surface area (Å²) in [6.45, 7) is 3.52. The van der Waals surface area contributed by atoms with E-state index in [1.165, 1.54) is 12.8 Å². The number of anilines is 1. The van der Waals surface area contributed by atoms with E-state index in [2.05, 4.69) is 27.0 Å². The van der Waals surface area contributed by atoms with E-state index in [4.69, 9.17) is 14.8 Å². The highest BCUT2D eigenvalue weighted by Crippen LogP contribution is 2.33. The number of nitrogens with zero attached hydrogens (tertiary/aromatic N) is 3. The topological polar surface area (TPSA) is 89.3 Å². The summed E-state index contributed by atoms with van der Waals surface area (Å²) < 4.78 is 7.68. The van der Waals surface area contributed by atoms with E-state index in [0.29, 0.717) is 30.1 Å². The Morgan fingerprint density at radius 2 is 2.11 bits per heavy atom. The molecule has 0 unspecified atom stereocenters. The lowest BCUT2D eigenvalue weighted by molar-refractivity contribution is 0.209. The third kappa shape index (κ3) is 4.02. The number of hydrogen-bond acceptors (Lipinski definition) is 4. The first-order chi connectivity index (χ1) is 13.1. The number of rotatable bonds is 7. The van der Waals surface area contributed by atoms with Crippen LogP contribution < -0.4 is 10.1 Å². The van der Waals surface area contributed by atoms with Crippen LogP contribution in [-0.4, -0.2) is 32.3 Å². The number of benzene rings is 1. The lowest BCUT2D eigenvalue weighted by Crippen LogP contribution is -2.08. The molecule has 140 valence electrons. The van der Waals surface area contributed by atoms with Gasteiger partial charge in [0, 0.05) is 13.0 Å². The summed E-state index contributed by atoms with van der Waals surface area (Å²) in [7, 11) is 0. The molecule has 7 nitrogen and oxygen atoms in total. The van der Waals surface area contributed by atoms with Gasteiger partial charge in [-0.25, -0.2) is 14.8 Å². The SMILES string of the molecule is CCOc1ccc(Cc2nc3cc(NC(=O)O)cnc3n2CC2CC2)cc1. The zero-order valence-electron chi connectivity index (χ0n) is 15.2. The number of hydrogen-bond donors (Lipinski definition) is 2. The summed E-state index contributed by atoms with van der Waals surface area (Å²) >= 11 is 0. The molecule has 0 bridgehead atoms. The summed E-state index contributed by atoms with van der Waals surface area (Å²) in [4.78, 5) is 20.1. The van der Waals surface area contributed by atoms with E-state index in [9.17, 15) is 4.79 Å². The molecule has 3 aromatic rings. The Morgan fingerprint density at radius 1 is 1.33 bits per heavy atom. The van der Waals surface area contributed by atoms with Crippen LogP contribution in [0.1, 0.15) is 31.2 Å². The van der Waals surface area contributed by atoms with Crippen LogP contribution in [0.3, 0.4) is 0 Å². The average Bonchev–Trinajstić information content (AvgIpc) is 3.39. The molecule has 2 heterocycles. The fourth-order valence-corrected chi connectivity index (χ4v) is 3.19. The first kappa shape index (κ1) is 17.3. The third-order valence-corrected chi connectivity index (χ3v) is 4.65. The number of imidazole rings is 1. The Balaban J connectivity index is 1.65. The van der Waals surface area contributed by atoms with Gasteiger partial charge in [-0.05, 0) is 49.4 Å². The van der Waals surface area contributed by atoms with Crippen LogP contribution in [0.4, 0.5) is 10.5 Å². The normalized spacial score (nSPS) is 13.7. The number of nitrogens with one attached hydrogen (secondary N) is 1. The van der Waals surface area contributed by atoms with Crippen LogP contribution in [0.25, 0.3) is 11.2 Å². The van der Waals surface area contributed by atoms with Crippen LogP contribution in [0.5, 0.6) is 5.75 Å². The monoisotopic (exact) mass is 366 g/mol. The van der Waals surface area contributed by atoms with Gasteiger partial charge in [0.2, 0.25) is 0 Å². The summed E-state index contributed by atoms with van der Waals surface area (Å²) in [6, 6.07) is 9.79. The molecule has 27 heavy (non-hydrogen) atoms. The predicted octanol–water partition coefficient (Wildman–Crippen LogP) is 3.92. The lowest BCUT2D eigenvalue weighted by Gasteiger charge is -2.09. The average molecular weight is 366 g/mol. The van der Waals surface area contributed by atoms with Crippen LogP contribution in [0, 0.1) is 5.92 Å². The van der Waals surface area contributed by atoms with Gasteiger partial charge in [0.1, 0.15) is 17.1 Å². The van der Waals surface area contributed by atoms with Crippen molar-refractivity contribution in [3.63, 3.8) is 0 Å². The third-order valence-electron chi connectivity index (χ3n) is 4.65. The molecule has 1 aliphatic rings. The maximum absolute atomic E-state index is 10.9. The molecule has 1 aromatic carbocycles. The van der Waals surface area contributed by atoms with Crippen LogP contribution in [0.15, 0.2) is 36.5 Å². The fraction of sp³-hybridized carbons (Fsp3) is 0.350. The van der Waals surface area contributed by atoms with Crippen molar-refractivity contribution in [1.29, 1.82) is 0 Å². The summed E-state index contributed by atoms with van der Waals surface area (Å²) in [6.07, 6.45) is 3.60. The smallest absolute Gasteiger partial charge is 0.409 e. The maximum Gasteiger partial charge on any atom is 0.409 e. The molecular weight excluding hydrogens is 344 g/mol. The number of aromatic nitrogens is 3. The number of pyridine rings is 1. The van der Waals surface area contributed by atoms with Crippen molar-refractivity contribution in [1.82, 2.24) is 14.5 Å². The Bertz CT molecular complexity index is 961. The van der Waals surface area contributed by atoms with Crippen molar-refractivity contribution in [2.75, 3.05) is 11.9 Å². The van der Waals surface area contributed by atoms with E-state index >= 15 is 0 Å². The minimum absolute atomic E-state index is 0.429. The van der Waals surface area contributed by atoms with Gasteiger partial charge in [-0.3, -0.25) is 5.32 Å². The molecule has 7 heteroatoms. The van der Waals surface area contributed by atoms with Crippen molar-refractivity contribution in [3.05, 3.63) is 47.9 Å². The molecule has 1 amide bonds. The van der Waals surface area contributed by atoms with Gasteiger partial charge in [-0.1, -0.05) is 12.1 Å². The summed E-state index contributed by atoms with van der Waals surface area (Å²) in [5.74, 6) is 2.49. The predicted molar refractivity (Wildman–Crippen MR) is 102 cm³/mol. The molecule has 2 N–H and O–H groups in total. The second kappa shape index (κ2) is 7.26. The molecule has 0 saturated heterocycles. The number of fused-ring (bicyclic) bond motifs is 1. The van der Waals surface area contributed by atoms with Crippen molar-refractivity contribution in [3.8, 4) is 5.75 Å². The van der Waals surface area contributed by atoms with Gasteiger partial charge in [-0.15, -0.1) is 0 Å². The highest BCUT2D eigenvalue weighted by molar-refractivity contribution is 5.86. The number of amides is 1. The molecule has 1 fully saturated rings. The molecule has 1 aliphatic carbocycles. The lowest BCUT2D eigenvalue weighted by atomic mass is 10.1. The largest absolute Gasteiger partial charge is 0.494 e. The first-order valence-corrected chi connectivity index (χ1v) is 9.19. The molecule has 0 radical (unpaired) electrons. The first-order valence-electron chi connectivity index (χ1n) is 9.19. The highest BCUT2D eigenvalue weighted by atomic mass is 16.5. The van der Waals surface area contributed by atoms with E-state index in [1.54, 1.807) is 12.3 Å². The molecule has 4 rings (SSSR count). The van der Waals surface area contributed by atoms with Crippen molar-refractivity contribution in [2.45, 2.75) is 32.7 Å². The van der Waals surface area contributed by atoms with Crippen LogP contribution in [0.2, 0.25) is 0 Å². The zero-order valence-corrected chi connectivity index (χ0v) is 15.2. The Kier molecular flexibility index (Phi) is 4.66. The number of carbonyl (C=O) groups is 1. The quantitative estimate of drug-likeness (QED) is 0.661. The minimum Gasteiger partial charge on any atom is -0.494 e. The second-order valence-electron chi connectivity index (χ2n) is 6.83. The molecule has 1 saturated carbocycles. The van der Waals surface area contributed by atoms with E-state index in [1.807, 2.05) is 19.1 Å². The van der Waals surface area contributed by atoms with Crippen molar-refractivity contribution >= 4 is 22.9 Å². The van der Waals surface area contributed by atoms with E-state index in [-0.39, 0.29) is 0 Å². The Labute approximate surface area is 157 Å². The number of ether oxygens (including phenoxy) is 1. The second-order valence-corrected chi connectivity index (χ2v) is 6.83. The summed E-state index contributed by atoms with van der Waals surface area (Å²) in [5.41, 5.74) is 3.09. The van der Waals surface area contributed by atoms with Crippen LogP contribution >= 0.6 is 0 Å². The molecule has 0 aliphatic heterocycles. The maximum atomic E-state index is 10.9. The Hall–Kier alpha value is -3.09. The summed E-state index contributed by atoms with van der Waals surface area (Å²) in [5, 5.41) is 11.2. The fourth-order valence-electron chi connectivity index (χ4n) is 3.19. The number of carboxylic acid groups (broad SMARTS) is 1. The minimum atomic E-state index is -1.11. The van der Waals surface area contributed by atoms with Gasteiger partial charge in [0.05, 0.1) is 18.5 Å². The molecular formula is C20H22N4O3. The van der Waals surface area contributed by atoms with Gasteiger partial charge < -0.3 is 14.4 Å². The van der Waals surface area contributed by atoms with Crippen molar-refractivity contribution in [2.24, 2.45) is 5.92 Å². The zero-order chi connectivity index (χ0) is 18.8. The van der Waals surface area contributed by atoms with Gasteiger partial charge in [0.15, 0.2) is 5.65 Å². The Morgan fingerprint density at radius 3 is 2.78 bits per heavy atom. The van der Waals surface area contributed by atoms with E-state index < -0.39 is 6.09 Å². The van der Waals surface area contributed by atoms with E-state index in [0.717, 1.165) is 29.3 Å². The van der Waals surface area contributed by atoms with Gasteiger partial charge >= 0.3 is 6.09 Å². The van der Waals surface area contributed by atoms with Gasteiger partial charge in [-0.2, -0.15) is 0 Å². The molecule has 0 atom stereocenters.